The number of hydrogen-bond donors (Lipinski definition) is 1. The van der Waals surface area contributed by atoms with Gasteiger partial charge in [-0.3, -0.25) is 5.43 Å². The highest BCUT2D eigenvalue weighted by atomic mass is 79.9. The van der Waals surface area contributed by atoms with Crippen LogP contribution in [-0.4, -0.2) is 17.2 Å². The lowest BCUT2D eigenvalue weighted by Crippen LogP contribution is -2.08. The first-order chi connectivity index (χ1) is 14.7. The lowest BCUT2D eigenvalue weighted by molar-refractivity contribution is 0.0735. The van der Waals surface area contributed by atoms with Crippen molar-refractivity contribution in [2.45, 2.75) is 0 Å². The van der Waals surface area contributed by atoms with Crippen molar-refractivity contribution in [2.24, 2.45) is 5.10 Å². The molecule has 0 radical (unpaired) electrons. The van der Waals surface area contributed by atoms with Gasteiger partial charge in [0.05, 0.1) is 17.5 Å². The van der Waals surface area contributed by atoms with Crippen molar-refractivity contribution < 1.29 is 9.53 Å². The highest BCUT2D eigenvalue weighted by molar-refractivity contribution is 9.10. The minimum atomic E-state index is -0.411. The number of rotatable bonds is 6. The van der Waals surface area contributed by atoms with Crippen LogP contribution in [0.5, 0.6) is 5.75 Å². The van der Waals surface area contributed by atoms with Gasteiger partial charge in [-0.15, -0.1) is 11.3 Å². The molecule has 0 spiro atoms. The van der Waals surface area contributed by atoms with Crippen LogP contribution in [0.1, 0.15) is 15.9 Å². The third-order valence-corrected chi connectivity index (χ3v) is 5.37. The van der Waals surface area contributed by atoms with Crippen LogP contribution in [-0.2, 0) is 0 Å². The Morgan fingerprint density at radius 3 is 2.63 bits per heavy atom. The minimum absolute atomic E-state index is 0.411. The number of aromatic nitrogens is 1. The van der Waals surface area contributed by atoms with Crippen molar-refractivity contribution in [1.82, 2.24) is 4.98 Å². The van der Waals surface area contributed by atoms with E-state index in [2.05, 4.69) is 31.4 Å². The molecule has 0 bridgehead atoms. The number of carbonyl (C=O) groups excluding carboxylic acids is 1. The van der Waals surface area contributed by atoms with Crippen molar-refractivity contribution in [2.75, 3.05) is 5.43 Å². The predicted octanol–water partition coefficient (Wildman–Crippen LogP) is 6.24. The Balaban J connectivity index is 1.38. The molecular formula is C23H16BrN3O2S. The van der Waals surface area contributed by atoms with Gasteiger partial charge in [-0.25, -0.2) is 9.78 Å². The summed E-state index contributed by atoms with van der Waals surface area (Å²) >= 11 is 4.83. The van der Waals surface area contributed by atoms with E-state index < -0.39 is 5.97 Å². The van der Waals surface area contributed by atoms with Gasteiger partial charge in [-0.1, -0.05) is 58.4 Å². The maximum atomic E-state index is 12.3. The number of nitrogens with one attached hydrogen (secondary N) is 1. The number of hydrogen-bond acceptors (Lipinski definition) is 6. The molecule has 5 nitrogen and oxygen atoms in total. The van der Waals surface area contributed by atoms with E-state index >= 15 is 0 Å². The number of halogens is 1. The second-order valence-electron chi connectivity index (χ2n) is 6.24. The molecule has 148 valence electrons. The molecule has 4 aromatic rings. The fourth-order valence-electron chi connectivity index (χ4n) is 2.64. The standard InChI is InChI=1S/C23H16BrN3O2S/c24-19-11-9-18(10-12-19)22(28)29-20-8-4-5-16(13-20)14-25-27-23-26-21(15-30-23)17-6-2-1-3-7-17/h1-15H,(H,26,27)/b25-14-. The van der Waals surface area contributed by atoms with Crippen LogP contribution in [0.2, 0.25) is 0 Å². The Kier molecular flexibility index (Phi) is 6.32. The highest BCUT2D eigenvalue weighted by Gasteiger charge is 2.08. The first-order valence-electron chi connectivity index (χ1n) is 9.05. The zero-order chi connectivity index (χ0) is 20.8. The number of ether oxygens (including phenoxy) is 1. The molecule has 0 aliphatic heterocycles. The molecule has 30 heavy (non-hydrogen) atoms. The van der Waals surface area contributed by atoms with E-state index in [1.807, 2.05) is 47.8 Å². The van der Waals surface area contributed by atoms with Crippen LogP contribution in [0.15, 0.2) is 93.8 Å². The quantitative estimate of drug-likeness (QED) is 0.154. The summed E-state index contributed by atoms with van der Waals surface area (Å²) in [5, 5.41) is 6.91. The number of carbonyl (C=O) groups is 1. The molecule has 1 N–H and O–H groups in total. The summed E-state index contributed by atoms with van der Waals surface area (Å²) in [5.41, 5.74) is 6.18. The largest absolute Gasteiger partial charge is 0.423 e. The summed E-state index contributed by atoms with van der Waals surface area (Å²) in [4.78, 5) is 16.8. The molecule has 1 heterocycles. The first kappa shape index (κ1) is 20.0. The number of nitrogens with zero attached hydrogens (tertiary/aromatic N) is 2. The summed E-state index contributed by atoms with van der Waals surface area (Å²) < 4.78 is 6.35. The van der Waals surface area contributed by atoms with Crippen LogP contribution in [0, 0.1) is 0 Å². The van der Waals surface area contributed by atoms with E-state index in [-0.39, 0.29) is 0 Å². The summed E-state index contributed by atoms with van der Waals surface area (Å²) in [6.07, 6.45) is 1.65. The molecule has 0 fully saturated rings. The number of hydrazone groups is 1. The third kappa shape index (κ3) is 5.20. The first-order valence-corrected chi connectivity index (χ1v) is 10.7. The SMILES string of the molecule is O=C(Oc1cccc(/C=N\Nc2nc(-c3ccccc3)cs2)c1)c1ccc(Br)cc1. The van der Waals surface area contributed by atoms with Crippen LogP contribution in [0.4, 0.5) is 5.13 Å². The van der Waals surface area contributed by atoms with E-state index in [9.17, 15) is 4.79 Å². The zero-order valence-electron chi connectivity index (χ0n) is 15.7. The lowest BCUT2D eigenvalue weighted by Gasteiger charge is -2.05. The molecular weight excluding hydrogens is 462 g/mol. The highest BCUT2D eigenvalue weighted by Crippen LogP contribution is 2.24. The van der Waals surface area contributed by atoms with E-state index in [0.29, 0.717) is 16.4 Å². The fourth-order valence-corrected chi connectivity index (χ4v) is 3.57. The monoisotopic (exact) mass is 477 g/mol. The Hall–Kier alpha value is -3.29. The van der Waals surface area contributed by atoms with Crippen LogP contribution in [0.3, 0.4) is 0 Å². The average Bonchev–Trinajstić information content (AvgIpc) is 3.24. The molecule has 0 unspecified atom stereocenters. The number of benzene rings is 3. The van der Waals surface area contributed by atoms with Gasteiger partial charge in [0.1, 0.15) is 5.75 Å². The molecule has 7 heteroatoms. The van der Waals surface area contributed by atoms with Crippen LogP contribution in [0.25, 0.3) is 11.3 Å². The van der Waals surface area contributed by atoms with Crippen LogP contribution >= 0.6 is 27.3 Å². The second-order valence-corrected chi connectivity index (χ2v) is 8.02. The number of thiazole rings is 1. The van der Waals surface area contributed by atoms with Crippen molar-refractivity contribution >= 4 is 44.6 Å². The van der Waals surface area contributed by atoms with E-state index in [4.69, 9.17) is 4.74 Å². The molecule has 0 amide bonds. The second kappa shape index (κ2) is 9.47. The fraction of sp³-hybridized carbons (Fsp3) is 0. The Morgan fingerprint density at radius 2 is 1.83 bits per heavy atom. The van der Waals surface area contributed by atoms with E-state index in [1.54, 1.807) is 42.6 Å². The summed E-state index contributed by atoms with van der Waals surface area (Å²) in [7, 11) is 0. The van der Waals surface area contributed by atoms with Gasteiger partial charge < -0.3 is 4.74 Å². The summed E-state index contributed by atoms with van der Waals surface area (Å²) in [5.74, 6) is 0.0402. The summed E-state index contributed by atoms with van der Waals surface area (Å²) in [6.45, 7) is 0. The predicted molar refractivity (Wildman–Crippen MR) is 124 cm³/mol. The van der Waals surface area contributed by atoms with Gasteiger partial charge in [0, 0.05) is 15.4 Å². The van der Waals surface area contributed by atoms with Crippen molar-refractivity contribution in [1.29, 1.82) is 0 Å². The average molecular weight is 478 g/mol. The molecule has 0 aliphatic rings. The normalized spacial score (nSPS) is 10.8. The topological polar surface area (TPSA) is 63.6 Å². The van der Waals surface area contributed by atoms with Gasteiger partial charge in [-0.2, -0.15) is 5.10 Å². The van der Waals surface area contributed by atoms with Crippen LogP contribution < -0.4 is 10.2 Å². The molecule has 0 saturated heterocycles. The van der Waals surface area contributed by atoms with Crippen molar-refractivity contribution in [3.63, 3.8) is 0 Å². The van der Waals surface area contributed by atoms with E-state index in [1.165, 1.54) is 11.3 Å². The molecule has 0 atom stereocenters. The maximum Gasteiger partial charge on any atom is 0.343 e. The van der Waals surface area contributed by atoms with E-state index in [0.717, 1.165) is 21.3 Å². The third-order valence-electron chi connectivity index (χ3n) is 4.10. The Labute approximate surface area is 186 Å². The molecule has 3 aromatic carbocycles. The minimum Gasteiger partial charge on any atom is -0.423 e. The smallest absolute Gasteiger partial charge is 0.343 e. The summed E-state index contributed by atoms with van der Waals surface area (Å²) in [6, 6.07) is 24.2. The Bertz CT molecular complexity index is 1170. The van der Waals surface area contributed by atoms with Crippen molar-refractivity contribution in [3.05, 3.63) is 99.8 Å². The van der Waals surface area contributed by atoms with Gasteiger partial charge in [0.15, 0.2) is 0 Å². The molecule has 1 aromatic heterocycles. The van der Waals surface area contributed by atoms with Crippen molar-refractivity contribution in [3.8, 4) is 17.0 Å². The maximum absolute atomic E-state index is 12.3. The molecule has 0 aliphatic carbocycles. The van der Waals surface area contributed by atoms with Gasteiger partial charge in [-0.05, 0) is 42.0 Å². The number of esters is 1. The van der Waals surface area contributed by atoms with Gasteiger partial charge in [0.25, 0.3) is 0 Å². The molecule has 4 rings (SSSR count). The lowest BCUT2D eigenvalue weighted by atomic mass is 10.2. The van der Waals surface area contributed by atoms with Gasteiger partial charge in [0.2, 0.25) is 5.13 Å². The molecule has 0 saturated carbocycles. The number of anilines is 1. The Morgan fingerprint density at radius 1 is 1.03 bits per heavy atom. The zero-order valence-corrected chi connectivity index (χ0v) is 18.1. The van der Waals surface area contributed by atoms with Gasteiger partial charge >= 0.3 is 5.97 Å².